The molecule has 0 radical (unpaired) electrons. The zero-order chi connectivity index (χ0) is 24.4. The predicted molar refractivity (Wildman–Crippen MR) is 139 cm³/mol. The number of aryl methyl sites for hydroxylation is 1. The van der Waals surface area contributed by atoms with E-state index < -0.39 is 11.7 Å². The highest BCUT2D eigenvalue weighted by molar-refractivity contribution is 8.26. The van der Waals surface area contributed by atoms with Gasteiger partial charge in [-0.3, -0.25) is 10.2 Å². The summed E-state index contributed by atoms with van der Waals surface area (Å²) in [5.41, 5.74) is 3.42. The number of hydrazone groups is 1. The van der Waals surface area contributed by atoms with E-state index in [-0.39, 0.29) is 16.4 Å². The van der Waals surface area contributed by atoms with E-state index in [1.165, 1.54) is 42.1 Å². The number of aliphatic imine (C=N–C) groups is 1. The van der Waals surface area contributed by atoms with Gasteiger partial charge in [0.25, 0.3) is 5.91 Å². The van der Waals surface area contributed by atoms with Gasteiger partial charge in [-0.1, -0.05) is 44.2 Å². The molecular formula is C25H27ClFN5OS. The van der Waals surface area contributed by atoms with Crippen LogP contribution >= 0.6 is 23.4 Å². The first-order chi connectivity index (χ1) is 16.3. The highest BCUT2D eigenvalue weighted by Crippen LogP contribution is 2.31. The van der Waals surface area contributed by atoms with Gasteiger partial charge < -0.3 is 4.57 Å². The molecule has 1 amide bonds. The highest BCUT2D eigenvalue weighted by Gasteiger charge is 2.35. The molecule has 2 aromatic rings. The lowest BCUT2D eigenvalue weighted by molar-refractivity contribution is -0.114. The minimum Gasteiger partial charge on any atom is -0.318 e. The van der Waals surface area contributed by atoms with Crippen molar-refractivity contribution in [1.82, 2.24) is 9.58 Å². The summed E-state index contributed by atoms with van der Waals surface area (Å²) in [5.74, 6) is -0.898. The number of benzene rings is 1. The lowest BCUT2D eigenvalue weighted by Crippen LogP contribution is -2.35. The second kappa shape index (κ2) is 10.3. The zero-order valence-electron chi connectivity index (χ0n) is 19.5. The molecule has 0 aliphatic carbocycles. The summed E-state index contributed by atoms with van der Waals surface area (Å²) in [5, 5.41) is 16.0. The Labute approximate surface area is 208 Å². The van der Waals surface area contributed by atoms with E-state index in [2.05, 4.69) is 17.0 Å². The normalized spacial score (nSPS) is 16.9. The molecule has 1 aromatic carbocycles. The number of amides is 1. The lowest BCUT2D eigenvalue weighted by Gasteiger charge is -2.20. The lowest BCUT2D eigenvalue weighted by atomic mass is 10.1. The molecule has 0 unspecified atom stereocenters. The average Bonchev–Trinajstić information content (AvgIpc) is 3.33. The van der Waals surface area contributed by atoms with Crippen molar-refractivity contribution in [1.29, 1.82) is 5.41 Å². The number of fused-ring (bicyclic) bond motifs is 1. The van der Waals surface area contributed by atoms with Gasteiger partial charge >= 0.3 is 0 Å². The van der Waals surface area contributed by atoms with E-state index in [9.17, 15) is 9.18 Å². The van der Waals surface area contributed by atoms with Gasteiger partial charge in [-0.15, -0.1) is 0 Å². The van der Waals surface area contributed by atoms with Crippen molar-refractivity contribution in [2.24, 2.45) is 10.1 Å². The number of amidine groups is 2. The molecule has 2 aliphatic rings. The Kier molecular flexibility index (Phi) is 7.38. The van der Waals surface area contributed by atoms with Gasteiger partial charge in [-0.05, 0) is 74.4 Å². The Morgan fingerprint density at radius 3 is 2.68 bits per heavy atom. The van der Waals surface area contributed by atoms with Crippen LogP contribution in [-0.2, 0) is 4.79 Å². The van der Waals surface area contributed by atoms with Gasteiger partial charge in [0.1, 0.15) is 10.9 Å². The maximum Gasteiger partial charge on any atom is 0.283 e. The van der Waals surface area contributed by atoms with Crippen molar-refractivity contribution in [3.63, 3.8) is 0 Å². The van der Waals surface area contributed by atoms with E-state index in [0.29, 0.717) is 5.17 Å². The Balaban J connectivity index is 1.57. The van der Waals surface area contributed by atoms with Gasteiger partial charge in [0.2, 0.25) is 5.17 Å². The van der Waals surface area contributed by atoms with Crippen LogP contribution in [-0.4, -0.2) is 31.5 Å². The summed E-state index contributed by atoms with van der Waals surface area (Å²) >= 11 is 7.35. The number of nitrogens with one attached hydrogen (secondary N) is 1. The van der Waals surface area contributed by atoms with Crippen LogP contribution in [0.1, 0.15) is 62.4 Å². The fraction of sp³-hybridized carbons (Fsp3) is 0.360. The third-order valence-electron chi connectivity index (χ3n) is 5.92. The SMILES string of the molecule is CCCCCCCC1=NN2C(=N)/C(=C\c3cc(C)n(-c4ccc(F)c(Cl)c4)c3C)C(=O)N=C2S1. The second-order valence-electron chi connectivity index (χ2n) is 8.44. The number of thioether (sulfide) groups is 1. The highest BCUT2D eigenvalue weighted by atomic mass is 35.5. The molecule has 34 heavy (non-hydrogen) atoms. The minimum absolute atomic E-state index is 0.0260. The topological polar surface area (TPSA) is 73.8 Å². The van der Waals surface area contributed by atoms with Gasteiger partial charge in [-0.2, -0.15) is 15.1 Å². The number of unbranched alkanes of at least 4 members (excludes halogenated alkanes) is 4. The number of halogens is 2. The fourth-order valence-electron chi connectivity index (χ4n) is 4.12. The minimum atomic E-state index is -0.477. The van der Waals surface area contributed by atoms with Gasteiger partial charge in [0.05, 0.1) is 10.6 Å². The number of hydrogen-bond acceptors (Lipinski definition) is 4. The third kappa shape index (κ3) is 4.88. The molecule has 3 heterocycles. The van der Waals surface area contributed by atoms with E-state index in [0.717, 1.165) is 46.9 Å². The zero-order valence-corrected chi connectivity index (χ0v) is 21.1. The molecule has 0 bridgehead atoms. The van der Waals surface area contributed by atoms with Crippen molar-refractivity contribution < 1.29 is 9.18 Å². The summed E-state index contributed by atoms with van der Waals surface area (Å²) < 4.78 is 15.6. The Morgan fingerprint density at radius 2 is 1.94 bits per heavy atom. The molecular weight excluding hydrogens is 473 g/mol. The van der Waals surface area contributed by atoms with Gasteiger partial charge in [0, 0.05) is 17.1 Å². The van der Waals surface area contributed by atoms with Gasteiger partial charge in [-0.25, -0.2) is 4.39 Å². The Bertz CT molecular complexity index is 1250. The Morgan fingerprint density at radius 1 is 1.18 bits per heavy atom. The number of rotatable bonds is 8. The van der Waals surface area contributed by atoms with E-state index in [4.69, 9.17) is 17.0 Å². The number of nitrogens with zero attached hydrogens (tertiary/aromatic N) is 4. The number of carbonyl (C=O) groups excluding carboxylic acids is 1. The summed E-state index contributed by atoms with van der Waals surface area (Å²) in [6, 6.07) is 6.47. The Hall–Kier alpha value is -2.71. The van der Waals surface area contributed by atoms with Crippen LogP contribution in [0, 0.1) is 25.1 Å². The summed E-state index contributed by atoms with van der Waals surface area (Å²) in [7, 11) is 0. The molecule has 9 heteroatoms. The molecule has 4 rings (SSSR count). The van der Waals surface area contributed by atoms with Crippen LogP contribution in [0.25, 0.3) is 11.8 Å². The molecule has 0 atom stereocenters. The summed E-state index contributed by atoms with van der Waals surface area (Å²) in [6.45, 7) is 6.02. The molecule has 0 fully saturated rings. The van der Waals surface area contributed by atoms with Crippen LogP contribution in [0.2, 0.25) is 5.02 Å². The van der Waals surface area contributed by atoms with Gasteiger partial charge in [0.15, 0.2) is 5.84 Å². The molecule has 1 aromatic heterocycles. The molecule has 0 spiro atoms. The molecule has 178 valence electrons. The van der Waals surface area contributed by atoms with Crippen molar-refractivity contribution in [2.45, 2.75) is 59.3 Å². The maximum absolute atomic E-state index is 13.6. The van der Waals surface area contributed by atoms with E-state index in [1.807, 2.05) is 24.5 Å². The summed E-state index contributed by atoms with van der Waals surface area (Å²) in [6.07, 6.45) is 8.34. The largest absolute Gasteiger partial charge is 0.318 e. The fourth-order valence-corrected chi connectivity index (χ4v) is 5.22. The smallest absolute Gasteiger partial charge is 0.283 e. The average molecular weight is 500 g/mol. The molecule has 0 saturated heterocycles. The first-order valence-corrected chi connectivity index (χ1v) is 12.6. The quantitative estimate of drug-likeness (QED) is 0.318. The first kappa shape index (κ1) is 24.4. The van der Waals surface area contributed by atoms with Crippen LogP contribution < -0.4 is 0 Å². The second-order valence-corrected chi connectivity index (χ2v) is 9.89. The molecule has 2 aliphatic heterocycles. The van der Waals surface area contributed by atoms with Crippen molar-refractivity contribution in [3.8, 4) is 5.69 Å². The predicted octanol–water partition coefficient (Wildman–Crippen LogP) is 6.87. The monoisotopic (exact) mass is 499 g/mol. The van der Waals surface area contributed by atoms with Crippen molar-refractivity contribution >= 4 is 51.4 Å². The molecule has 1 N–H and O–H groups in total. The van der Waals surface area contributed by atoms with E-state index in [1.54, 1.807) is 18.2 Å². The first-order valence-electron chi connectivity index (χ1n) is 11.4. The third-order valence-corrected chi connectivity index (χ3v) is 7.18. The van der Waals surface area contributed by atoms with Crippen LogP contribution in [0.4, 0.5) is 4.39 Å². The standard InChI is InChI=1S/C25H27ClFN5OS/c1-4-5-6-7-8-9-22-30-32-23(28)19(24(33)29-25(32)34-22)13-17-12-15(2)31(16(17)3)18-10-11-21(27)20(26)14-18/h10-14,28H,4-9H2,1-3H3/b19-13+,28-23?. The number of aromatic nitrogens is 1. The van der Waals surface area contributed by atoms with Crippen molar-refractivity contribution in [2.75, 3.05) is 0 Å². The number of carbonyl (C=O) groups is 1. The van der Waals surface area contributed by atoms with E-state index >= 15 is 0 Å². The number of hydrogen-bond donors (Lipinski definition) is 1. The van der Waals surface area contributed by atoms with Crippen LogP contribution in [0.3, 0.4) is 0 Å². The van der Waals surface area contributed by atoms with Crippen molar-refractivity contribution in [3.05, 3.63) is 57.6 Å². The molecule has 0 saturated carbocycles. The summed E-state index contributed by atoms with van der Waals surface area (Å²) in [4.78, 5) is 17.0. The van der Waals surface area contributed by atoms with Crippen LogP contribution in [0.15, 0.2) is 39.9 Å². The molecule has 6 nitrogen and oxygen atoms in total. The van der Waals surface area contributed by atoms with Crippen LogP contribution in [0.5, 0.6) is 0 Å². The maximum atomic E-state index is 13.6.